The normalized spacial score (nSPS) is 15.2. The van der Waals surface area contributed by atoms with Crippen LogP contribution in [0.3, 0.4) is 0 Å². The van der Waals surface area contributed by atoms with Crippen LogP contribution in [-0.4, -0.2) is 54.9 Å². The zero-order valence-electron chi connectivity index (χ0n) is 10.4. The minimum atomic E-state index is -0.0504. The Labute approximate surface area is 120 Å². The fourth-order valence-corrected chi connectivity index (χ4v) is 2.25. The minimum Gasteiger partial charge on any atom is -0.484 e. The monoisotopic (exact) mass is 326 g/mol. The highest BCUT2D eigenvalue weighted by molar-refractivity contribution is 9.10. The third-order valence-corrected chi connectivity index (χ3v) is 3.47. The number of amides is 2. The van der Waals surface area contributed by atoms with Crippen molar-refractivity contribution < 1.29 is 14.3 Å². The summed E-state index contributed by atoms with van der Waals surface area (Å²) in [6, 6.07) is 7.38. The molecule has 1 aromatic carbocycles. The van der Waals surface area contributed by atoms with Crippen LogP contribution in [0.4, 0.5) is 0 Å². The first-order valence-electron chi connectivity index (χ1n) is 6.04. The van der Waals surface area contributed by atoms with E-state index in [1.165, 1.54) is 0 Å². The van der Waals surface area contributed by atoms with Gasteiger partial charge in [-0.25, -0.2) is 0 Å². The number of benzene rings is 1. The molecule has 1 saturated heterocycles. The van der Waals surface area contributed by atoms with Gasteiger partial charge in [0.25, 0.3) is 5.91 Å². The van der Waals surface area contributed by atoms with Crippen LogP contribution >= 0.6 is 15.9 Å². The summed E-state index contributed by atoms with van der Waals surface area (Å²) < 4.78 is 6.36. The smallest absolute Gasteiger partial charge is 0.260 e. The van der Waals surface area contributed by atoms with E-state index in [1.54, 1.807) is 9.80 Å². The number of hydrogen-bond acceptors (Lipinski definition) is 3. The van der Waals surface area contributed by atoms with Gasteiger partial charge in [0, 0.05) is 30.7 Å². The Morgan fingerprint density at radius 2 is 2.05 bits per heavy atom. The maximum atomic E-state index is 11.9. The van der Waals surface area contributed by atoms with Crippen LogP contribution in [0.5, 0.6) is 5.75 Å². The number of nitrogens with zero attached hydrogens (tertiary/aromatic N) is 2. The van der Waals surface area contributed by atoms with Gasteiger partial charge in [-0.1, -0.05) is 22.0 Å². The van der Waals surface area contributed by atoms with Gasteiger partial charge < -0.3 is 14.5 Å². The summed E-state index contributed by atoms with van der Waals surface area (Å²) in [4.78, 5) is 25.9. The molecule has 1 fully saturated rings. The lowest BCUT2D eigenvalue weighted by molar-refractivity contribution is -0.137. The van der Waals surface area contributed by atoms with Crippen molar-refractivity contribution in [3.63, 3.8) is 0 Å². The molecule has 19 heavy (non-hydrogen) atoms. The first-order valence-corrected chi connectivity index (χ1v) is 6.84. The van der Waals surface area contributed by atoms with Gasteiger partial charge in [-0.15, -0.1) is 0 Å². The zero-order chi connectivity index (χ0) is 13.7. The SMILES string of the molecule is O=CN1CCN(C(=O)COc2cccc(Br)c2)CC1. The van der Waals surface area contributed by atoms with Gasteiger partial charge in [-0.05, 0) is 18.2 Å². The molecule has 5 nitrogen and oxygen atoms in total. The van der Waals surface area contributed by atoms with E-state index in [4.69, 9.17) is 4.74 Å². The van der Waals surface area contributed by atoms with Crippen molar-refractivity contribution in [3.05, 3.63) is 28.7 Å². The van der Waals surface area contributed by atoms with Crippen LogP contribution in [0.15, 0.2) is 28.7 Å². The fourth-order valence-electron chi connectivity index (χ4n) is 1.87. The molecule has 1 aromatic rings. The molecule has 2 rings (SSSR count). The highest BCUT2D eigenvalue weighted by atomic mass is 79.9. The molecule has 0 atom stereocenters. The van der Waals surface area contributed by atoms with Crippen molar-refractivity contribution in [2.24, 2.45) is 0 Å². The Hall–Kier alpha value is -1.56. The molecule has 0 saturated carbocycles. The van der Waals surface area contributed by atoms with Crippen LogP contribution in [0, 0.1) is 0 Å². The van der Waals surface area contributed by atoms with E-state index >= 15 is 0 Å². The third kappa shape index (κ3) is 3.96. The van der Waals surface area contributed by atoms with Crippen LogP contribution < -0.4 is 4.74 Å². The summed E-state index contributed by atoms with van der Waals surface area (Å²) in [6.07, 6.45) is 0.819. The van der Waals surface area contributed by atoms with E-state index in [9.17, 15) is 9.59 Å². The number of halogens is 1. The number of rotatable bonds is 4. The van der Waals surface area contributed by atoms with Crippen molar-refractivity contribution in [2.45, 2.75) is 0 Å². The summed E-state index contributed by atoms with van der Waals surface area (Å²) in [6.45, 7) is 2.34. The molecule has 2 amide bonds. The zero-order valence-corrected chi connectivity index (χ0v) is 12.0. The average Bonchev–Trinajstić information content (AvgIpc) is 2.45. The largest absolute Gasteiger partial charge is 0.484 e. The van der Waals surface area contributed by atoms with E-state index in [1.807, 2.05) is 24.3 Å². The number of carbonyl (C=O) groups excluding carboxylic acids is 2. The molecule has 0 spiro atoms. The lowest BCUT2D eigenvalue weighted by atomic mass is 10.3. The van der Waals surface area contributed by atoms with Crippen molar-refractivity contribution in [1.29, 1.82) is 0 Å². The van der Waals surface area contributed by atoms with Crippen molar-refractivity contribution in [2.75, 3.05) is 32.8 Å². The lowest BCUT2D eigenvalue weighted by Gasteiger charge is -2.32. The highest BCUT2D eigenvalue weighted by Crippen LogP contribution is 2.17. The molecule has 1 aliphatic heterocycles. The first kappa shape index (κ1) is 13.9. The maximum absolute atomic E-state index is 11.9. The molecular weight excluding hydrogens is 312 g/mol. The predicted molar refractivity (Wildman–Crippen MR) is 73.9 cm³/mol. The Morgan fingerprint density at radius 3 is 2.68 bits per heavy atom. The summed E-state index contributed by atoms with van der Waals surface area (Å²) in [7, 11) is 0. The molecule has 0 radical (unpaired) electrons. The van der Waals surface area contributed by atoms with Gasteiger partial charge in [0.15, 0.2) is 6.61 Å². The van der Waals surface area contributed by atoms with E-state index in [2.05, 4.69) is 15.9 Å². The molecule has 0 bridgehead atoms. The lowest BCUT2D eigenvalue weighted by Crippen LogP contribution is -2.49. The topological polar surface area (TPSA) is 49.9 Å². The molecular formula is C13H15BrN2O3. The van der Waals surface area contributed by atoms with E-state index in [-0.39, 0.29) is 12.5 Å². The Bertz CT molecular complexity index is 459. The summed E-state index contributed by atoms with van der Waals surface area (Å²) in [5, 5.41) is 0. The number of hydrogen-bond donors (Lipinski definition) is 0. The number of piperazine rings is 1. The molecule has 0 unspecified atom stereocenters. The standard InChI is InChI=1S/C13H15BrN2O3/c14-11-2-1-3-12(8-11)19-9-13(18)16-6-4-15(10-17)5-7-16/h1-3,8,10H,4-7,9H2. The molecule has 102 valence electrons. The summed E-state index contributed by atoms with van der Waals surface area (Å²) in [5.41, 5.74) is 0. The van der Waals surface area contributed by atoms with Gasteiger partial charge in [0.2, 0.25) is 6.41 Å². The fraction of sp³-hybridized carbons (Fsp3) is 0.385. The Kier molecular flexibility index (Phi) is 4.79. The Balaban J connectivity index is 1.80. The third-order valence-electron chi connectivity index (χ3n) is 2.97. The second kappa shape index (κ2) is 6.56. The van der Waals surface area contributed by atoms with Crippen molar-refractivity contribution >= 4 is 28.2 Å². The van der Waals surface area contributed by atoms with Crippen LogP contribution in [0.1, 0.15) is 0 Å². The quantitative estimate of drug-likeness (QED) is 0.779. The van der Waals surface area contributed by atoms with E-state index < -0.39 is 0 Å². The van der Waals surface area contributed by atoms with E-state index in [0.717, 1.165) is 10.9 Å². The second-order valence-electron chi connectivity index (χ2n) is 4.27. The Morgan fingerprint density at radius 1 is 1.32 bits per heavy atom. The second-order valence-corrected chi connectivity index (χ2v) is 5.18. The van der Waals surface area contributed by atoms with Gasteiger partial charge >= 0.3 is 0 Å². The minimum absolute atomic E-state index is 0.0253. The maximum Gasteiger partial charge on any atom is 0.260 e. The number of ether oxygens (including phenoxy) is 1. The van der Waals surface area contributed by atoms with Crippen LogP contribution in [0.2, 0.25) is 0 Å². The molecule has 0 N–H and O–H groups in total. The highest BCUT2D eigenvalue weighted by Gasteiger charge is 2.20. The van der Waals surface area contributed by atoms with Crippen LogP contribution in [-0.2, 0) is 9.59 Å². The molecule has 0 aromatic heterocycles. The predicted octanol–water partition coefficient (Wildman–Crippen LogP) is 1.13. The molecule has 0 aliphatic carbocycles. The van der Waals surface area contributed by atoms with Gasteiger partial charge in [0.1, 0.15) is 5.75 Å². The first-order chi connectivity index (χ1) is 9.19. The van der Waals surface area contributed by atoms with Gasteiger partial charge in [-0.3, -0.25) is 9.59 Å². The van der Waals surface area contributed by atoms with Crippen LogP contribution in [0.25, 0.3) is 0 Å². The molecule has 1 heterocycles. The molecule has 6 heteroatoms. The summed E-state index contributed by atoms with van der Waals surface area (Å²) in [5.74, 6) is 0.611. The van der Waals surface area contributed by atoms with Gasteiger partial charge in [0.05, 0.1) is 0 Å². The number of carbonyl (C=O) groups is 2. The van der Waals surface area contributed by atoms with Gasteiger partial charge in [-0.2, -0.15) is 0 Å². The summed E-state index contributed by atoms with van der Waals surface area (Å²) >= 11 is 3.35. The van der Waals surface area contributed by atoms with Crippen molar-refractivity contribution in [1.82, 2.24) is 9.80 Å². The van der Waals surface area contributed by atoms with Crippen molar-refractivity contribution in [3.8, 4) is 5.75 Å². The van der Waals surface area contributed by atoms with E-state index in [0.29, 0.717) is 31.9 Å². The average molecular weight is 327 g/mol. The molecule has 1 aliphatic rings.